The standard InChI is InChI=1S/C19H16N2O4S/c1-12-19(22)20-17-11-15(7-9-18(17)25-12)21-26(23,24)16-8-6-13-4-2-3-5-14(13)10-16/h2-12,21H,1H3,(H,20,22)/t12-/m0/s1. The van der Waals surface area contributed by atoms with Gasteiger partial charge >= 0.3 is 0 Å². The maximum atomic E-state index is 12.7. The van der Waals surface area contributed by atoms with E-state index in [-0.39, 0.29) is 10.8 Å². The van der Waals surface area contributed by atoms with E-state index in [0.717, 1.165) is 10.8 Å². The number of hydrogen-bond acceptors (Lipinski definition) is 4. The minimum absolute atomic E-state index is 0.169. The van der Waals surface area contributed by atoms with E-state index >= 15 is 0 Å². The summed E-state index contributed by atoms with van der Waals surface area (Å²) in [7, 11) is -3.76. The average Bonchev–Trinajstić information content (AvgIpc) is 2.62. The van der Waals surface area contributed by atoms with E-state index in [1.165, 1.54) is 6.07 Å². The van der Waals surface area contributed by atoms with Crippen LogP contribution in [0.15, 0.2) is 65.6 Å². The number of hydrogen-bond donors (Lipinski definition) is 2. The molecule has 0 bridgehead atoms. The topological polar surface area (TPSA) is 84.5 Å². The van der Waals surface area contributed by atoms with E-state index in [1.807, 2.05) is 24.3 Å². The number of fused-ring (bicyclic) bond motifs is 2. The van der Waals surface area contributed by atoms with E-state index in [2.05, 4.69) is 10.0 Å². The summed E-state index contributed by atoms with van der Waals surface area (Å²) in [5.41, 5.74) is 0.780. The number of amides is 1. The van der Waals surface area contributed by atoms with Crippen LogP contribution < -0.4 is 14.8 Å². The van der Waals surface area contributed by atoms with Crippen LogP contribution in [-0.2, 0) is 14.8 Å². The van der Waals surface area contributed by atoms with E-state index in [1.54, 1.807) is 37.3 Å². The van der Waals surface area contributed by atoms with Gasteiger partial charge in [0, 0.05) is 0 Å². The summed E-state index contributed by atoms with van der Waals surface area (Å²) >= 11 is 0. The van der Waals surface area contributed by atoms with Crippen LogP contribution in [0.3, 0.4) is 0 Å². The second kappa shape index (κ2) is 6.03. The van der Waals surface area contributed by atoms with Crippen LogP contribution in [-0.4, -0.2) is 20.4 Å². The Morgan fingerprint density at radius 2 is 1.77 bits per heavy atom. The van der Waals surface area contributed by atoms with Crippen molar-refractivity contribution in [2.45, 2.75) is 17.9 Å². The lowest BCUT2D eigenvalue weighted by Gasteiger charge is -2.23. The molecule has 0 radical (unpaired) electrons. The molecule has 1 aliphatic heterocycles. The molecule has 1 aliphatic rings. The van der Waals surface area contributed by atoms with Gasteiger partial charge in [-0.2, -0.15) is 0 Å². The molecule has 7 heteroatoms. The molecule has 0 fully saturated rings. The fourth-order valence-electron chi connectivity index (χ4n) is 2.82. The summed E-state index contributed by atoms with van der Waals surface area (Å²) in [6.07, 6.45) is -0.581. The van der Waals surface area contributed by atoms with Gasteiger partial charge in [-0.1, -0.05) is 30.3 Å². The van der Waals surface area contributed by atoms with Crippen molar-refractivity contribution in [3.05, 3.63) is 60.7 Å². The number of benzene rings is 3. The smallest absolute Gasteiger partial charge is 0.265 e. The van der Waals surface area contributed by atoms with Gasteiger partial charge in [0.1, 0.15) is 5.75 Å². The lowest BCUT2D eigenvalue weighted by atomic mass is 10.1. The Hall–Kier alpha value is -3.06. The molecule has 0 saturated carbocycles. The molecule has 0 saturated heterocycles. The number of nitrogens with one attached hydrogen (secondary N) is 2. The normalized spacial score (nSPS) is 16.5. The quantitative estimate of drug-likeness (QED) is 0.742. The zero-order valence-corrected chi connectivity index (χ0v) is 14.7. The van der Waals surface area contributed by atoms with Crippen LogP contribution in [0.1, 0.15) is 6.92 Å². The third-order valence-electron chi connectivity index (χ3n) is 4.19. The number of ether oxygens (including phenoxy) is 1. The van der Waals surface area contributed by atoms with Crippen LogP contribution in [0.25, 0.3) is 10.8 Å². The minimum Gasteiger partial charge on any atom is -0.479 e. The minimum atomic E-state index is -3.76. The predicted molar refractivity (Wildman–Crippen MR) is 99.9 cm³/mol. The lowest BCUT2D eigenvalue weighted by Crippen LogP contribution is -2.34. The van der Waals surface area contributed by atoms with Crippen molar-refractivity contribution in [2.75, 3.05) is 10.0 Å². The van der Waals surface area contributed by atoms with Gasteiger partial charge in [0.05, 0.1) is 16.3 Å². The van der Waals surface area contributed by atoms with Gasteiger partial charge in [-0.15, -0.1) is 0 Å². The van der Waals surface area contributed by atoms with Crippen molar-refractivity contribution in [1.82, 2.24) is 0 Å². The molecule has 0 aliphatic carbocycles. The third kappa shape index (κ3) is 2.97. The molecule has 1 heterocycles. The first kappa shape index (κ1) is 16.4. The second-order valence-corrected chi connectivity index (χ2v) is 7.76. The van der Waals surface area contributed by atoms with Gasteiger partial charge in [0.15, 0.2) is 6.10 Å². The molecule has 1 amide bonds. The van der Waals surface area contributed by atoms with Crippen molar-refractivity contribution in [1.29, 1.82) is 0 Å². The van der Waals surface area contributed by atoms with Gasteiger partial charge in [-0.05, 0) is 48.0 Å². The first-order chi connectivity index (χ1) is 12.4. The Morgan fingerprint density at radius 3 is 2.58 bits per heavy atom. The van der Waals surface area contributed by atoms with Gasteiger partial charge in [-0.3, -0.25) is 9.52 Å². The third-order valence-corrected chi connectivity index (χ3v) is 5.57. The van der Waals surface area contributed by atoms with Crippen LogP contribution in [0.4, 0.5) is 11.4 Å². The number of anilines is 2. The summed E-state index contributed by atoms with van der Waals surface area (Å²) in [4.78, 5) is 11.9. The monoisotopic (exact) mass is 368 g/mol. The van der Waals surface area contributed by atoms with Gasteiger partial charge in [-0.25, -0.2) is 8.42 Å². The van der Waals surface area contributed by atoms with Crippen molar-refractivity contribution < 1.29 is 17.9 Å². The SMILES string of the molecule is C[C@@H]1Oc2ccc(NS(=O)(=O)c3ccc4ccccc4c3)cc2NC1=O. The molecular weight excluding hydrogens is 352 g/mol. The van der Waals surface area contributed by atoms with Crippen LogP contribution in [0.5, 0.6) is 5.75 Å². The van der Waals surface area contributed by atoms with Gasteiger partial charge in [0.25, 0.3) is 15.9 Å². The molecule has 4 rings (SSSR count). The van der Waals surface area contributed by atoms with Crippen LogP contribution >= 0.6 is 0 Å². The molecule has 0 spiro atoms. The molecule has 2 N–H and O–H groups in total. The average molecular weight is 368 g/mol. The molecule has 0 aromatic heterocycles. The molecule has 3 aromatic carbocycles. The molecule has 0 unspecified atom stereocenters. The fraction of sp³-hybridized carbons (Fsp3) is 0.105. The van der Waals surface area contributed by atoms with E-state index in [4.69, 9.17) is 4.74 Å². The summed E-state index contributed by atoms with van der Waals surface area (Å²) in [6.45, 7) is 1.65. The Morgan fingerprint density at radius 1 is 1.00 bits per heavy atom. The number of rotatable bonds is 3. The van der Waals surface area contributed by atoms with Crippen molar-refractivity contribution >= 4 is 38.1 Å². The maximum absolute atomic E-state index is 12.7. The highest BCUT2D eigenvalue weighted by Gasteiger charge is 2.24. The Bertz CT molecular complexity index is 1130. The molecule has 6 nitrogen and oxygen atoms in total. The summed E-state index contributed by atoms with van der Waals surface area (Å²) in [5, 5.41) is 4.51. The van der Waals surface area contributed by atoms with E-state index in [9.17, 15) is 13.2 Å². The Kier molecular flexibility index (Phi) is 3.81. The van der Waals surface area contributed by atoms with E-state index < -0.39 is 16.1 Å². The fourth-order valence-corrected chi connectivity index (χ4v) is 3.91. The highest BCUT2D eigenvalue weighted by molar-refractivity contribution is 7.92. The number of sulfonamides is 1. The first-order valence-electron chi connectivity index (χ1n) is 8.05. The molecule has 1 atom stereocenters. The number of carbonyl (C=O) groups is 1. The van der Waals surface area contributed by atoms with Crippen molar-refractivity contribution in [2.24, 2.45) is 0 Å². The zero-order valence-electron chi connectivity index (χ0n) is 13.9. The Balaban J connectivity index is 1.65. The molecule has 3 aromatic rings. The van der Waals surface area contributed by atoms with E-state index in [0.29, 0.717) is 17.1 Å². The Labute approximate surface area is 150 Å². The molecule has 26 heavy (non-hydrogen) atoms. The predicted octanol–water partition coefficient (Wildman–Crippen LogP) is 3.36. The van der Waals surface area contributed by atoms with Gasteiger partial charge < -0.3 is 10.1 Å². The first-order valence-corrected chi connectivity index (χ1v) is 9.54. The highest BCUT2D eigenvalue weighted by atomic mass is 32.2. The zero-order chi connectivity index (χ0) is 18.3. The highest BCUT2D eigenvalue weighted by Crippen LogP contribution is 2.33. The number of carbonyl (C=O) groups excluding carboxylic acids is 1. The second-order valence-electron chi connectivity index (χ2n) is 6.07. The van der Waals surface area contributed by atoms with Gasteiger partial charge in [0.2, 0.25) is 0 Å². The largest absolute Gasteiger partial charge is 0.479 e. The van der Waals surface area contributed by atoms with Crippen molar-refractivity contribution in [3.8, 4) is 5.75 Å². The summed E-state index contributed by atoms with van der Waals surface area (Å²) < 4.78 is 33.4. The maximum Gasteiger partial charge on any atom is 0.265 e. The summed E-state index contributed by atoms with van der Waals surface area (Å²) in [5.74, 6) is 0.234. The molecule has 132 valence electrons. The van der Waals surface area contributed by atoms with Crippen molar-refractivity contribution in [3.63, 3.8) is 0 Å². The lowest BCUT2D eigenvalue weighted by molar-refractivity contribution is -0.122. The summed E-state index contributed by atoms with van der Waals surface area (Å²) in [6, 6.07) is 17.3. The van der Waals surface area contributed by atoms with Crippen LogP contribution in [0, 0.1) is 0 Å². The molecular formula is C19H16N2O4S. The van der Waals surface area contributed by atoms with Crippen LogP contribution in [0.2, 0.25) is 0 Å².